The van der Waals surface area contributed by atoms with Gasteiger partial charge in [0.1, 0.15) is 0 Å². The Labute approximate surface area is 73.0 Å². The van der Waals surface area contributed by atoms with Crippen LogP contribution >= 0.6 is 24.8 Å². The summed E-state index contributed by atoms with van der Waals surface area (Å²) >= 11 is 0. The van der Waals surface area contributed by atoms with Crippen molar-refractivity contribution in [2.24, 2.45) is 0 Å². The van der Waals surface area contributed by atoms with E-state index in [1.54, 1.807) is 0 Å². The maximum Gasteiger partial charge on any atom is 0.0394 e. The number of hydrogen-bond donors (Lipinski definition) is 1. The number of likely N-dealkylation sites (N-methyl/N-ethyl adjacent to an activating group) is 1. The van der Waals surface area contributed by atoms with Gasteiger partial charge in [0, 0.05) is 30.3 Å². The standard InChI is InChI=1S/C5H12N2.2ClH/c1-7-4-2-6-3-5-7;;/h6H,2-5H2,1H3;2*1H/i1D3;;. The molecule has 9 heavy (non-hydrogen) atoms. The van der Waals surface area contributed by atoms with Gasteiger partial charge in [0.05, 0.1) is 0 Å². The Hall–Kier alpha value is 0.500. The molecule has 0 aromatic carbocycles. The number of rotatable bonds is 0. The Bertz CT molecular complexity index is 114. The van der Waals surface area contributed by atoms with E-state index in [0.29, 0.717) is 13.1 Å². The fraction of sp³-hybridized carbons (Fsp3) is 1.00. The van der Waals surface area contributed by atoms with Crippen LogP contribution < -0.4 is 5.32 Å². The van der Waals surface area contributed by atoms with Crippen molar-refractivity contribution in [3.05, 3.63) is 0 Å². The predicted molar refractivity (Wildman–Crippen MR) is 44.9 cm³/mol. The average molecular weight is 176 g/mol. The molecule has 0 bridgehead atoms. The molecule has 1 heterocycles. The molecule has 1 rings (SSSR count). The van der Waals surface area contributed by atoms with Gasteiger partial charge in [-0.3, -0.25) is 0 Å². The van der Waals surface area contributed by atoms with E-state index in [9.17, 15) is 0 Å². The minimum Gasteiger partial charge on any atom is -0.314 e. The number of halogens is 2. The Balaban J connectivity index is 0. The first-order valence-corrected chi connectivity index (χ1v) is 2.56. The van der Waals surface area contributed by atoms with E-state index in [0.717, 1.165) is 13.1 Å². The molecule has 58 valence electrons. The van der Waals surface area contributed by atoms with Crippen LogP contribution in [0.5, 0.6) is 0 Å². The average Bonchev–Trinajstić information content (AvgIpc) is 1.88. The summed E-state index contributed by atoms with van der Waals surface area (Å²) in [5.74, 6) is 0. The van der Waals surface area contributed by atoms with Crippen molar-refractivity contribution < 1.29 is 4.11 Å². The molecule has 1 fully saturated rings. The van der Waals surface area contributed by atoms with Gasteiger partial charge in [0.2, 0.25) is 0 Å². The summed E-state index contributed by atoms with van der Waals surface area (Å²) < 4.78 is 21.2. The van der Waals surface area contributed by atoms with Crippen molar-refractivity contribution in [1.29, 1.82) is 0 Å². The molecular weight excluding hydrogens is 159 g/mol. The highest BCUT2D eigenvalue weighted by molar-refractivity contribution is 5.85. The van der Waals surface area contributed by atoms with Crippen LogP contribution in [0.15, 0.2) is 0 Å². The molecule has 0 saturated carbocycles. The molecule has 0 aromatic rings. The molecule has 0 aromatic heterocycles. The van der Waals surface area contributed by atoms with E-state index < -0.39 is 6.98 Å². The van der Waals surface area contributed by atoms with Gasteiger partial charge in [-0.25, -0.2) is 0 Å². The first kappa shape index (κ1) is 6.23. The first-order chi connectivity index (χ1) is 4.61. The third-order valence-electron chi connectivity index (χ3n) is 1.12. The highest BCUT2D eigenvalue weighted by atomic mass is 35.5. The van der Waals surface area contributed by atoms with Crippen molar-refractivity contribution in [3.8, 4) is 0 Å². The van der Waals surface area contributed by atoms with Crippen molar-refractivity contribution in [2.45, 2.75) is 0 Å². The van der Waals surface area contributed by atoms with E-state index >= 15 is 0 Å². The maximum absolute atomic E-state index is 7.06. The second kappa shape index (κ2) is 6.62. The van der Waals surface area contributed by atoms with Gasteiger partial charge in [-0.15, -0.1) is 24.8 Å². The highest BCUT2D eigenvalue weighted by Gasteiger charge is 2.01. The van der Waals surface area contributed by atoms with Crippen molar-refractivity contribution >= 4 is 24.8 Å². The third kappa shape index (κ3) is 4.97. The summed E-state index contributed by atoms with van der Waals surface area (Å²) in [6.45, 7) is 0.964. The SMILES string of the molecule is Cl.Cl.[2H]C([2H])([2H])N1CCNCC1. The lowest BCUT2D eigenvalue weighted by Crippen LogP contribution is -2.40. The summed E-state index contributed by atoms with van der Waals surface area (Å²) in [5.41, 5.74) is 0. The van der Waals surface area contributed by atoms with Crippen LogP contribution in [0.3, 0.4) is 0 Å². The molecule has 0 spiro atoms. The summed E-state index contributed by atoms with van der Waals surface area (Å²) in [7, 11) is 0. The highest BCUT2D eigenvalue weighted by Crippen LogP contribution is 1.82. The largest absolute Gasteiger partial charge is 0.314 e. The summed E-state index contributed by atoms with van der Waals surface area (Å²) in [5, 5.41) is 3.10. The normalized spacial score (nSPS) is 26.0. The fourth-order valence-electron chi connectivity index (χ4n) is 0.665. The number of nitrogens with one attached hydrogen (secondary N) is 1. The van der Waals surface area contributed by atoms with Crippen LogP contribution in [-0.4, -0.2) is 38.1 Å². The van der Waals surface area contributed by atoms with Gasteiger partial charge in [-0.2, -0.15) is 0 Å². The second-order valence-corrected chi connectivity index (χ2v) is 1.74. The van der Waals surface area contributed by atoms with Crippen molar-refractivity contribution in [2.75, 3.05) is 33.2 Å². The Morgan fingerprint density at radius 3 is 2.22 bits per heavy atom. The van der Waals surface area contributed by atoms with E-state index in [4.69, 9.17) is 4.11 Å². The lowest BCUT2D eigenvalue weighted by Gasteiger charge is -2.21. The zero-order valence-electron chi connectivity index (χ0n) is 8.09. The summed E-state index contributed by atoms with van der Waals surface area (Å²) in [6.07, 6.45) is 0. The van der Waals surface area contributed by atoms with E-state index in [-0.39, 0.29) is 24.8 Å². The zero-order chi connectivity index (χ0) is 7.61. The van der Waals surface area contributed by atoms with Crippen molar-refractivity contribution in [3.63, 3.8) is 0 Å². The molecule has 4 heteroatoms. The molecule has 0 unspecified atom stereocenters. The summed E-state index contributed by atoms with van der Waals surface area (Å²) in [4.78, 5) is 1.52. The molecular formula is C5H14Cl2N2. The van der Waals surface area contributed by atoms with Gasteiger partial charge in [0.15, 0.2) is 0 Å². The van der Waals surface area contributed by atoms with Gasteiger partial charge >= 0.3 is 0 Å². The second-order valence-electron chi connectivity index (χ2n) is 1.74. The van der Waals surface area contributed by atoms with E-state index in [1.165, 1.54) is 4.90 Å². The van der Waals surface area contributed by atoms with Crippen LogP contribution in [0.25, 0.3) is 0 Å². The van der Waals surface area contributed by atoms with Crippen LogP contribution in [0.4, 0.5) is 0 Å². The molecule has 2 nitrogen and oxygen atoms in total. The molecule has 1 N–H and O–H groups in total. The molecule has 1 aliphatic heterocycles. The maximum atomic E-state index is 7.06. The minimum absolute atomic E-state index is 0. The lowest BCUT2D eigenvalue weighted by molar-refractivity contribution is 0.291. The molecule has 0 amide bonds. The number of hydrogen-bond acceptors (Lipinski definition) is 2. The van der Waals surface area contributed by atoms with Gasteiger partial charge < -0.3 is 10.2 Å². The van der Waals surface area contributed by atoms with Gasteiger partial charge in [0.25, 0.3) is 0 Å². The topological polar surface area (TPSA) is 15.3 Å². The van der Waals surface area contributed by atoms with Crippen LogP contribution in [0, 0.1) is 0 Å². The zero-order valence-corrected chi connectivity index (χ0v) is 6.73. The van der Waals surface area contributed by atoms with E-state index in [1.807, 2.05) is 0 Å². The number of nitrogens with zero attached hydrogens (tertiary/aromatic N) is 1. The predicted octanol–water partition coefficient (Wildman–Crippen LogP) is 0.365. The Kier molecular flexibility index (Phi) is 4.58. The third-order valence-corrected chi connectivity index (χ3v) is 1.12. The quantitative estimate of drug-likeness (QED) is 0.573. The smallest absolute Gasteiger partial charge is 0.0394 e. The molecule has 1 aliphatic rings. The monoisotopic (exact) mass is 175 g/mol. The van der Waals surface area contributed by atoms with Crippen LogP contribution in [0.2, 0.25) is 0 Å². The molecule has 0 radical (unpaired) electrons. The van der Waals surface area contributed by atoms with Crippen LogP contribution in [-0.2, 0) is 0 Å². The van der Waals surface area contributed by atoms with E-state index in [2.05, 4.69) is 5.32 Å². The Morgan fingerprint density at radius 2 is 1.89 bits per heavy atom. The first-order valence-electron chi connectivity index (χ1n) is 4.06. The van der Waals surface area contributed by atoms with Crippen molar-refractivity contribution in [1.82, 2.24) is 10.2 Å². The Morgan fingerprint density at radius 1 is 1.33 bits per heavy atom. The number of piperazine rings is 1. The van der Waals surface area contributed by atoms with Crippen LogP contribution in [0.1, 0.15) is 4.11 Å². The fourth-order valence-corrected chi connectivity index (χ4v) is 0.665. The molecule has 0 aliphatic carbocycles. The van der Waals surface area contributed by atoms with Gasteiger partial charge in [-0.1, -0.05) is 0 Å². The lowest BCUT2D eigenvalue weighted by atomic mass is 10.4. The molecule has 0 atom stereocenters. The summed E-state index contributed by atoms with van der Waals surface area (Å²) in [6, 6.07) is 0. The van der Waals surface area contributed by atoms with Gasteiger partial charge in [-0.05, 0) is 6.98 Å². The minimum atomic E-state index is -1.89. The molecule has 1 saturated heterocycles.